The Hall–Kier alpha value is -16.7. The molecule has 0 saturated heterocycles. The van der Waals surface area contributed by atoms with Crippen molar-refractivity contribution in [2.75, 3.05) is 34.1 Å². The van der Waals surface area contributed by atoms with Gasteiger partial charge in [0.1, 0.15) is 0 Å². The lowest BCUT2D eigenvalue weighted by Gasteiger charge is -2.49. The van der Waals surface area contributed by atoms with Gasteiger partial charge in [0.2, 0.25) is 0 Å². The van der Waals surface area contributed by atoms with Gasteiger partial charge in [-0.2, -0.15) is 0 Å². The molecule has 11 heteroatoms. The Morgan fingerprint density at radius 1 is 0.160 bits per heavy atom. The molecule has 0 atom stereocenters. The zero-order valence-electron chi connectivity index (χ0n) is 71.7. The van der Waals surface area contributed by atoms with Gasteiger partial charge in [-0.05, 0) is 245 Å². The first-order chi connectivity index (χ1) is 65.1. The zero-order chi connectivity index (χ0) is 86.1. The monoisotopic (exact) mass is 1660 g/mol. The third-order valence-corrected chi connectivity index (χ3v) is 27.9. The smallest absolute Gasteiger partial charge is 0.329 e. The zero-order valence-corrected chi connectivity index (χ0v) is 71.7. The highest BCUT2D eigenvalue weighted by Crippen LogP contribution is 2.55. The van der Waals surface area contributed by atoms with Gasteiger partial charge in [0.05, 0.1) is 0 Å². The molecule has 0 spiro atoms. The van der Waals surface area contributed by atoms with Crippen LogP contribution in [-0.2, 0) is 0 Å². The molecule has 7 nitrogen and oxygen atoms in total. The second-order valence-corrected chi connectivity index (χ2v) is 34.8. The van der Waals surface area contributed by atoms with Gasteiger partial charge in [-0.15, -0.1) is 0 Å². The van der Waals surface area contributed by atoms with Crippen LogP contribution in [0, 0.1) is 0 Å². The number of benzene rings is 20. The molecule has 0 N–H and O–H groups in total. The maximum Gasteiger partial charge on any atom is 0.329 e. The Balaban J connectivity index is 0.000000108. The molecular weight excluding hydrogens is 1580 g/mol. The highest BCUT2D eigenvalue weighted by molar-refractivity contribution is 7.01. The van der Waals surface area contributed by atoms with E-state index in [4.69, 9.17) is 0 Å². The third kappa shape index (κ3) is 12.0. The van der Waals surface area contributed by atoms with Crippen molar-refractivity contribution < 1.29 is 0 Å². The summed E-state index contributed by atoms with van der Waals surface area (Å²) in [6.07, 6.45) is 0. The number of para-hydroxylation sites is 9. The van der Waals surface area contributed by atoms with Crippen LogP contribution in [0.4, 0.5) is 108 Å². The van der Waals surface area contributed by atoms with Crippen molar-refractivity contribution in [1.82, 2.24) is 0 Å². The summed E-state index contributed by atoms with van der Waals surface area (Å²) in [7, 11) is 0. The molecule has 608 valence electrons. The summed E-state index contributed by atoms with van der Waals surface area (Å²) in [5.41, 5.74) is 49.2. The van der Waals surface area contributed by atoms with Gasteiger partial charge in [-0.1, -0.05) is 340 Å². The maximum atomic E-state index is 2.60. The molecule has 0 fully saturated rings. The Bertz CT molecular complexity index is 7450. The summed E-state index contributed by atoms with van der Waals surface area (Å²) in [4.78, 5) is 17.4. The van der Waals surface area contributed by atoms with Crippen molar-refractivity contribution in [3.05, 3.63) is 491 Å². The number of fused-ring (bicyclic) bond motifs is 24. The summed E-state index contributed by atoms with van der Waals surface area (Å²) in [6, 6.07) is 179. The van der Waals surface area contributed by atoms with Crippen LogP contribution >= 0.6 is 0 Å². The molecule has 0 unspecified atom stereocenters. The Labute approximate surface area is 765 Å². The van der Waals surface area contributed by atoms with E-state index < -0.39 is 0 Å². The van der Waals surface area contributed by atoms with Crippen LogP contribution in [0.2, 0.25) is 0 Å². The van der Waals surface area contributed by atoms with E-state index in [9.17, 15) is 0 Å². The van der Waals surface area contributed by atoms with E-state index in [0.29, 0.717) is 0 Å². The molecule has 8 aliphatic heterocycles. The predicted molar refractivity (Wildman–Crippen MR) is 556 cm³/mol. The second kappa shape index (κ2) is 31.1. The fourth-order valence-corrected chi connectivity index (χ4v) is 22.6. The van der Waals surface area contributed by atoms with E-state index in [-0.39, 0.29) is 27.1 Å². The lowest BCUT2D eigenvalue weighted by molar-refractivity contribution is 1.24. The van der Waals surface area contributed by atoms with E-state index in [1.54, 1.807) is 0 Å². The van der Waals surface area contributed by atoms with Gasteiger partial charge in [0.15, 0.2) is 0 Å². The molecule has 20 aromatic rings. The van der Waals surface area contributed by atoms with Gasteiger partial charge in [0, 0.05) is 125 Å². The molecule has 8 aliphatic rings. The number of hydrogen-bond acceptors (Lipinski definition) is 7. The Morgan fingerprint density at radius 3 is 0.916 bits per heavy atom. The first-order valence-electron chi connectivity index (χ1n) is 45.5. The predicted octanol–water partition coefficient (Wildman–Crippen LogP) is 24.2. The van der Waals surface area contributed by atoms with Crippen LogP contribution in [-0.4, -0.2) is 27.1 Å². The summed E-state index contributed by atoms with van der Waals surface area (Å²) in [5.74, 6) is 0. The van der Waals surface area contributed by atoms with Crippen molar-refractivity contribution in [3.63, 3.8) is 0 Å². The van der Waals surface area contributed by atoms with Gasteiger partial charge >= 0.3 is 13.7 Å². The quantitative estimate of drug-likeness (QED) is 0.133. The minimum Gasteiger partial charge on any atom is -0.376 e. The van der Waals surface area contributed by atoms with E-state index in [1.807, 2.05) is 0 Å². The SMILES string of the molecule is c1ccc(-c2cccc(N3c4cc(-c5ccccc5)ccc4B4c5ccc(N(c6ccccc6)c6ccccc6)cc5N(c5ccccc5)c5cccc3c54)c2)cc1.c1ccc(N2c3ccccc3B3c4ccccc4N(c4ccccc4)c4cccc2c43)cc1.c1ccc2c(c1)B1c3cccc4c3-c3c(cccc3N3B4c4ccccc4-c4ccccc43)N1c1ccccc1-2. The second-order valence-electron chi connectivity index (χ2n) is 34.8. The van der Waals surface area contributed by atoms with E-state index in [2.05, 4.69) is 525 Å². The molecule has 0 amide bonds. The molecule has 0 aliphatic carbocycles. The van der Waals surface area contributed by atoms with E-state index in [1.165, 1.54) is 190 Å². The van der Waals surface area contributed by atoms with Crippen LogP contribution in [0.15, 0.2) is 491 Å². The minimum atomic E-state index is 0.00509. The lowest BCUT2D eigenvalue weighted by atomic mass is 9.33. The minimum absolute atomic E-state index is 0.00509. The van der Waals surface area contributed by atoms with E-state index in [0.717, 1.165) is 28.4 Å². The van der Waals surface area contributed by atoms with Crippen molar-refractivity contribution in [2.45, 2.75) is 0 Å². The standard InChI is InChI=1S/C54H38BN3.C36H22B2N2.C30H21BN2/c1-6-18-39(19-7-1)41-22-16-29-46(36-41)58-51-31-17-30-50-54(51)55(48-34-32-42(37-52(48)58)40-20-8-2-9-21-40)49-35-33-47(38-53(49)57(50)45-27-14-5-15-28-45)56(43-23-10-3-11-24-43)44-25-12-4-13-26-44;1-5-15-27-23(11-1)25-13-3-7-19-31(25)39-33-21-10-22-34-36(33)35-29(37(27)39)17-9-18-30(35)38-28-16-6-2-12-24(28)26-14-4-8-20-32(26)40(34)38;1-3-12-22(13-4-1)32-26-18-9-7-16-24(26)31-25-17-8-10-19-27(25)33(23-14-5-2-6-15-23)29-21-11-20-28(32)30(29)31/h1-38H;1-22H;1-21H. The highest BCUT2D eigenvalue weighted by Gasteiger charge is 2.51. The molecular formula is C120H81B4N7. The number of rotatable bonds is 9. The summed E-state index contributed by atoms with van der Waals surface area (Å²) in [6.45, 7) is 0.456. The van der Waals surface area contributed by atoms with Crippen LogP contribution in [0.1, 0.15) is 0 Å². The lowest BCUT2D eigenvalue weighted by Crippen LogP contribution is -2.65. The largest absolute Gasteiger partial charge is 0.376 e. The van der Waals surface area contributed by atoms with Crippen LogP contribution in [0.25, 0.3) is 55.6 Å². The molecule has 20 aromatic carbocycles. The first kappa shape index (κ1) is 75.6. The van der Waals surface area contributed by atoms with Gasteiger partial charge < -0.3 is 34.1 Å². The molecule has 0 bridgehead atoms. The summed E-state index contributed by atoms with van der Waals surface area (Å²) < 4.78 is 0. The van der Waals surface area contributed by atoms with E-state index >= 15 is 0 Å². The molecule has 8 heterocycles. The molecule has 0 radical (unpaired) electrons. The average Bonchev–Trinajstić information content (AvgIpc) is 0.673. The molecule has 0 aromatic heterocycles. The molecule has 28 rings (SSSR count). The third-order valence-electron chi connectivity index (χ3n) is 27.9. The van der Waals surface area contributed by atoms with Crippen LogP contribution in [0.3, 0.4) is 0 Å². The maximum absolute atomic E-state index is 2.60. The van der Waals surface area contributed by atoms with Gasteiger partial charge in [-0.3, -0.25) is 0 Å². The molecule has 131 heavy (non-hydrogen) atoms. The topological polar surface area (TPSA) is 22.7 Å². The van der Waals surface area contributed by atoms with Crippen molar-refractivity contribution in [3.8, 4) is 55.6 Å². The van der Waals surface area contributed by atoms with Gasteiger partial charge in [-0.25, -0.2) is 0 Å². The summed E-state index contributed by atoms with van der Waals surface area (Å²) in [5, 5.41) is 0. The van der Waals surface area contributed by atoms with Gasteiger partial charge in [0.25, 0.3) is 13.4 Å². The fraction of sp³-hybridized carbons (Fsp3) is 0. The average molecular weight is 1660 g/mol. The highest BCUT2D eigenvalue weighted by atomic mass is 15.2. The van der Waals surface area contributed by atoms with Crippen molar-refractivity contribution >= 4 is 190 Å². The molecule has 0 saturated carbocycles. The number of nitrogens with zero attached hydrogens (tertiary/aromatic N) is 7. The Kier molecular flexibility index (Phi) is 17.9. The fourth-order valence-electron chi connectivity index (χ4n) is 22.6. The van der Waals surface area contributed by atoms with Crippen molar-refractivity contribution in [1.29, 1.82) is 0 Å². The first-order valence-corrected chi connectivity index (χ1v) is 45.5. The normalized spacial score (nSPS) is 13.2. The van der Waals surface area contributed by atoms with Crippen molar-refractivity contribution in [2.24, 2.45) is 0 Å². The number of hydrogen-bond donors (Lipinski definition) is 0. The van der Waals surface area contributed by atoms with Crippen LogP contribution < -0.4 is 88.7 Å². The Morgan fingerprint density at radius 2 is 0.458 bits per heavy atom. The summed E-state index contributed by atoms with van der Waals surface area (Å²) >= 11 is 0. The van der Waals surface area contributed by atoms with Crippen LogP contribution in [0.5, 0.6) is 0 Å². The number of anilines is 19.